The van der Waals surface area contributed by atoms with Gasteiger partial charge in [-0.25, -0.2) is 14.8 Å². The van der Waals surface area contributed by atoms with Crippen molar-refractivity contribution in [2.75, 3.05) is 19.0 Å². The number of methoxy groups -OCH3 is 1. The number of carbonyl (C=O) groups excluding carboxylic acids is 3. The summed E-state index contributed by atoms with van der Waals surface area (Å²) in [6.07, 6.45) is 8.21. The van der Waals surface area contributed by atoms with Crippen molar-refractivity contribution in [3.05, 3.63) is 40.7 Å². The van der Waals surface area contributed by atoms with Crippen LogP contribution in [0.5, 0.6) is 11.5 Å². The fourth-order valence-corrected chi connectivity index (χ4v) is 9.66. The Morgan fingerprint density at radius 2 is 1.87 bits per heavy atom. The number of halogens is 1. The molecule has 0 unspecified atom stereocenters. The molecule has 3 amide bonds. The van der Waals surface area contributed by atoms with Crippen molar-refractivity contribution >= 4 is 67.0 Å². The fourth-order valence-electron chi connectivity index (χ4n) is 8.22. The molecule has 0 bridgehead atoms. The number of amides is 3. The van der Waals surface area contributed by atoms with E-state index in [9.17, 15) is 24.3 Å². The van der Waals surface area contributed by atoms with E-state index in [-0.39, 0.29) is 43.2 Å². The van der Waals surface area contributed by atoms with Crippen molar-refractivity contribution in [3.63, 3.8) is 0 Å². The van der Waals surface area contributed by atoms with Crippen LogP contribution >= 0.6 is 27.3 Å². The third kappa shape index (κ3) is 8.05. The largest absolute Gasteiger partial charge is 0.495 e. The molecule has 15 heteroatoms. The quantitative estimate of drug-likeness (QED) is 0.127. The molecule has 5 atom stereocenters. The van der Waals surface area contributed by atoms with Crippen LogP contribution in [0.25, 0.3) is 22.3 Å². The highest BCUT2D eigenvalue weighted by atomic mass is 79.9. The second-order valence-electron chi connectivity index (χ2n) is 15.7. The van der Waals surface area contributed by atoms with Crippen LogP contribution < -0.4 is 25.4 Å². The molecule has 3 saturated carbocycles. The maximum atomic E-state index is 14.7. The predicted octanol–water partition coefficient (Wildman–Crippen LogP) is 6.31. The van der Waals surface area contributed by atoms with Gasteiger partial charge in [0.2, 0.25) is 17.7 Å². The van der Waals surface area contributed by atoms with Gasteiger partial charge < -0.3 is 35.4 Å². The number of rotatable bonds is 15. The number of aliphatic carboxylic acids is 1. The van der Waals surface area contributed by atoms with Crippen molar-refractivity contribution in [2.24, 2.45) is 17.8 Å². The Kier molecular flexibility index (Phi) is 11.4. The Morgan fingerprint density at radius 3 is 2.51 bits per heavy atom. The molecular formula is C40H49BrN6O7S. The van der Waals surface area contributed by atoms with Crippen LogP contribution in [-0.2, 0) is 19.2 Å². The van der Waals surface area contributed by atoms with Gasteiger partial charge >= 0.3 is 5.97 Å². The van der Waals surface area contributed by atoms with Crippen molar-refractivity contribution in [1.82, 2.24) is 25.5 Å². The van der Waals surface area contributed by atoms with Crippen molar-refractivity contribution in [2.45, 2.75) is 108 Å². The highest BCUT2D eigenvalue weighted by Gasteiger charge is 2.61. The second kappa shape index (κ2) is 16.1. The summed E-state index contributed by atoms with van der Waals surface area (Å²) >= 11 is 5.14. The third-order valence-corrected chi connectivity index (χ3v) is 13.1. The molecule has 2 aromatic heterocycles. The molecule has 1 saturated heterocycles. The lowest BCUT2D eigenvalue weighted by atomic mass is 9.82. The van der Waals surface area contributed by atoms with Gasteiger partial charge in [-0.15, -0.1) is 17.9 Å². The Labute approximate surface area is 333 Å². The van der Waals surface area contributed by atoms with Crippen LogP contribution in [0.1, 0.15) is 78.1 Å². The van der Waals surface area contributed by atoms with E-state index in [0.29, 0.717) is 50.6 Å². The Hall–Kier alpha value is -4.24. The average molecular weight is 838 g/mol. The lowest BCUT2D eigenvalue weighted by molar-refractivity contribution is -0.146. The lowest BCUT2D eigenvalue weighted by Crippen LogP contribution is -2.57. The van der Waals surface area contributed by atoms with Crippen LogP contribution in [0.15, 0.2) is 40.7 Å². The number of aromatic nitrogens is 2. The molecular weight excluding hydrogens is 788 g/mol. The molecule has 0 radical (unpaired) electrons. The van der Waals surface area contributed by atoms with E-state index >= 15 is 0 Å². The van der Waals surface area contributed by atoms with Gasteiger partial charge in [-0.05, 0) is 85.9 Å². The minimum absolute atomic E-state index is 0.0548. The zero-order valence-electron chi connectivity index (χ0n) is 31.4. The third-order valence-electron chi connectivity index (χ3n) is 11.6. The first-order chi connectivity index (χ1) is 26.4. The minimum atomic E-state index is -1.48. The number of carboxylic acids is 1. The van der Waals surface area contributed by atoms with Gasteiger partial charge in [-0.3, -0.25) is 14.4 Å². The van der Waals surface area contributed by atoms with Crippen LogP contribution in [0.2, 0.25) is 0 Å². The summed E-state index contributed by atoms with van der Waals surface area (Å²) in [6.45, 7) is 7.89. The van der Waals surface area contributed by atoms with E-state index in [4.69, 9.17) is 19.4 Å². The molecule has 3 aliphatic carbocycles. The van der Waals surface area contributed by atoms with Gasteiger partial charge in [0.25, 0.3) is 0 Å². The first-order valence-corrected chi connectivity index (χ1v) is 20.9. The van der Waals surface area contributed by atoms with E-state index in [0.717, 1.165) is 50.1 Å². The van der Waals surface area contributed by atoms with Gasteiger partial charge in [0.05, 0.1) is 29.3 Å². The van der Waals surface area contributed by atoms with Crippen LogP contribution in [0, 0.1) is 17.8 Å². The van der Waals surface area contributed by atoms with Gasteiger partial charge in [0.15, 0.2) is 5.13 Å². The minimum Gasteiger partial charge on any atom is -0.495 e. The lowest BCUT2D eigenvalue weighted by Gasteiger charge is -2.32. The molecule has 294 valence electrons. The maximum absolute atomic E-state index is 14.7. The van der Waals surface area contributed by atoms with E-state index in [1.807, 2.05) is 37.4 Å². The Bertz CT molecular complexity index is 1980. The number of pyridine rings is 1. The highest BCUT2D eigenvalue weighted by molar-refractivity contribution is 9.10. The Balaban J connectivity index is 1.22. The number of hydrogen-bond acceptors (Lipinski definition) is 10. The molecule has 4 aliphatic rings. The number of ether oxygens (including phenoxy) is 2. The molecule has 3 aromatic rings. The average Bonchev–Trinajstić information content (AvgIpc) is 3.57. The SMILES string of the molecule is C=C[C@@H]1C[C@]1(NC(=O)[C@@H]1C[C@@H](Oc2cc(-c3csc(NC(C)C)n3)nc3c(Br)c(OC)ccc23)CN1C(=O)[C@@H](NC(=O)CC1CCC1)C1CCCC1)C(=O)O. The molecule has 1 aromatic carbocycles. The number of thiazole rings is 1. The number of fused-ring (bicyclic) bond motifs is 1. The molecule has 55 heavy (non-hydrogen) atoms. The van der Waals surface area contributed by atoms with Gasteiger partial charge in [0.1, 0.15) is 40.9 Å². The summed E-state index contributed by atoms with van der Waals surface area (Å²) in [5.41, 5.74) is 0.314. The molecule has 13 nitrogen and oxygen atoms in total. The van der Waals surface area contributed by atoms with E-state index in [2.05, 4.69) is 38.5 Å². The standard InChI is InChI=1S/C40H49BrN6O7S/c1-5-24-18-40(24,38(51)52)46-36(49)29-16-25(19-47(29)37(50)34(23-11-6-7-12-23)45-32(48)15-22-9-8-10-22)54-31-17-27(28-20-55-39(44-28)42-21(2)3)43-35-26(31)13-14-30(53-4)33(35)41/h5,13-14,17,20-25,29,34H,1,6-12,15-16,18-19H2,2-4H3,(H,42,44)(H,45,48)(H,46,49)(H,51,52)/t24-,25-,29+,34+,40-/m1/s1. The number of nitrogens with one attached hydrogen (secondary N) is 3. The van der Waals surface area contributed by atoms with Gasteiger partial charge in [0, 0.05) is 41.6 Å². The zero-order valence-corrected chi connectivity index (χ0v) is 33.8. The number of carboxylic acid groups (broad SMARTS) is 1. The molecule has 1 aliphatic heterocycles. The number of hydrogen-bond donors (Lipinski definition) is 4. The summed E-state index contributed by atoms with van der Waals surface area (Å²) in [6, 6.07) is 3.84. The number of anilines is 1. The topological polar surface area (TPSA) is 172 Å². The fraction of sp³-hybridized carbons (Fsp3) is 0.550. The highest BCUT2D eigenvalue weighted by Crippen LogP contribution is 2.45. The number of carbonyl (C=O) groups is 4. The number of likely N-dealkylation sites (tertiary alicyclic amines) is 1. The molecule has 4 fully saturated rings. The first kappa shape index (κ1) is 39.0. The predicted molar refractivity (Wildman–Crippen MR) is 213 cm³/mol. The summed E-state index contributed by atoms with van der Waals surface area (Å²) in [4.78, 5) is 65.9. The normalized spacial score (nSPS) is 24.3. The smallest absolute Gasteiger partial charge is 0.330 e. The summed E-state index contributed by atoms with van der Waals surface area (Å²) in [5.74, 6) is -1.31. The van der Waals surface area contributed by atoms with E-state index < -0.39 is 41.5 Å². The van der Waals surface area contributed by atoms with Crippen molar-refractivity contribution < 1.29 is 33.8 Å². The van der Waals surface area contributed by atoms with Gasteiger partial charge in [-0.1, -0.05) is 25.3 Å². The van der Waals surface area contributed by atoms with Crippen molar-refractivity contribution in [3.8, 4) is 22.9 Å². The Morgan fingerprint density at radius 1 is 1.11 bits per heavy atom. The monoisotopic (exact) mass is 836 g/mol. The van der Waals surface area contributed by atoms with E-state index in [1.54, 1.807) is 7.11 Å². The van der Waals surface area contributed by atoms with Crippen molar-refractivity contribution in [1.29, 1.82) is 0 Å². The summed E-state index contributed by atoms with van der Waals surface area (Å²) < 4.78 is 13.0. The maximum Gasteiger partial charge on any atom is 0.330 e. The van der Waals surface area contributed by atoms with Crippen LogP contribution in [0.3, 0.4) is 0 Å². The second-order valence-corrected chi connectivity index (χ2v) is 17.4. The van der Waals surface area contributed by atoms with Crippen LogP contribution in [0.4, 0.5) is 5.13 Å². The van der Waals surface area contributed by atoms with Crippen LogP contribution in [-0.4, -0.2) is 87.1 Å². The molecule has 7 rings (SSSR count). The number of nitrogens with zero attached hydrogens (tertiary/aromatic N) is 3. The molecule has 3 heterocycles. The molecule has 0 spiro atoms. The zero-order chi connectivity index (χ0) is 39.0. The first-order valence-electron chi connectivity index (χ1n) is 19.2. The summed E-state index contributed by atoms with van der Waals surface area (Å²) in [7, 11) is 1.58. The summed E-state index contributed by atoms with van der Waals surface area (Å²) in [5, 5.41) is 22.7. The van der Waals surface area contributed by atoms with E-state index in [1.165, 1.54) is 22.3 Å². The van der Waals surface area contributed by atoms with Gasteiger partial charge in [-0.2, -0.15) is 0 Å². The molecule has 4 N–H and O–H groups in total. The number of benzene rings is 1.